The van der Waals surface area contributed by atoms with Gasteiger partial charge in [0, 0.05) is 16.9 Å². The van der Waals surface area contributed by atoms with E-state index in [1.54, 1.807) is 0 Å². The molecule has 3 rings (SSSR count). The fraction of sp³-hybridized carbons (Fsp3) is 1.00. The van der Waals surface area contributed by atoms with Gasteiger partial charge >= 0.3 is 0 Å². The van der Waals surface area contributed by atoms with Gasteiger partial charge in [-0.15, -0.1) is 0 Å². The fourth-order valence-corrected chi connectivity index (χ4v) is 4.90. The largest absolute Gasteiger partial charge is 0.297 e. The van der Waals surface area contributed by atoms with E-state index in [-0.39, 0.29) is 0 Å². The number of hydrogen-bond acceptors (Lipinski definition) is 2. The zero-order chi connectivity index (χ0) is 11.8. The van der Waals surface area contributed by atoms with E-state index in [2.05, 4.69) is 33.2 Å². The molecule has 3 aliphatic rings. The Morgan fingerprint density at radius 3 is 2.59 bits per heavy atom. The molecule has 0 amide bonds. The van der Waals surface area contributed by atoms with Crippen molar-refractivity contribution in [3.63, 3.8) is 0 Å². The van der Waals surface area contributed by atoms with Gasteiger partial charge in [0.25, 0.3) is 0 Å². The van der Waals surface area contributed by atoms with Crippen molar-refractivity contribution in [2.24, 2.45) is 5.92 Å². The summed E-state index contributed by atoms with van der Waals surface area (Å²) in [5.41, 5.74) is 0. The van der Waals surface area contributed by atoms with E-state index in [9.17, 15) is 0 Å². The quantitative estimate of drug-likeness (QED) is 0.749. The molecule has 1 saturated heterocycles. The highest BCUT2D eigenvalue weighted by Gasteiger charge is 2.44. The molecule has 1 N–H and O–H groups in total. The van der Waals surface area contributed by atoms with Crippen LogP contribution in [-0.4, -0.2) is 35.0 Å². The lowest BCUT2D eigenvalue weighted by atomic mass is 9.87. The van der Waals surface area contributed by atoms with Crippen LogP contribution in [0.15, 0.2) is 0 Å². The second kappa shape index (κ2) is 5.18. The molecule has 1 heterocycles. The summed E-state index contributed by atoms with van der Waals surface area (Å²) in [6, 6.07) is 1.54. The van der Waals surface area contributed by atoms with Crippen molar-refractivity contribution in [2.75, 3.05) is 7.05 Å². The van der Waals surface area contributed by atoms with Gasteiger partial charge in [0.05, 0.1) is 6.17 Å². The Bertz CT molecular complexity index is 265. The van der Waals surface area contributed by atoms with Crippen LogP contribution < -0.4 is 5.32 Å². The number of likely N-dealkylation sites (N-methyl/N-ethyl adjacent to an activating group) is 1. The summed E-state index contributed by atoms with van der Waals surface area (Å²) in [4.78, 5) is 3.41. The maximum atomic E-state index is 3.94. The first-order valence-corrected chi connectivity index (χ1v) is 8.29. The SMILES string of the molecule is CN1C(C2CCCCC2)NC2CC(Br)CC[C@H]21. The summed E-state index contributed by atoms with van der Waals surface area (Å²) in [6.45, 7) is 0. The van der Waals surface area contributed by atoms with Gasteiger partial charge in [0.1, 0.15) is 0 Å². The first-order chi connectivity index (χ1) is 8.25. The van der Waals surface area contributed by atoms with Gasteiger partial charge in [-0.2, -0.15) is 0 Å². The highest BCUT2D eigenvalue weighted by atomic mass is 79.9. The predicted octanol–water partition coefficient (Wildman–Crippen LogP) is 3.11. The third-order valence-corrected chi connectivity index (χ3v) is 6.02. The minimum atomic E-state index is 0.670. The van der Waals surface area contributed by atoms with Gasteiger partial charge in [0.2, 0.25) is 0 Å². The lowest BCUT2D eigenvalue weighted by molar-refractivity contribution is 0.136. The Hall–Kier alpha value is 0.400. The Morgan fingerprint density at radius 2 is 1.82 bits per heavy atom. The second-order valence-electron chi connectivity index (χ2n) is 6.26. The van der Waals surface area contributed by atoms with Crippen LogP contribution in [0.2, 0.25) is 0 Å². The van der Waals surface area contributed by atoms with Crippen LogP contribution in [0.25, 0.3) is 0 Å². The summed E-state index contributed by atoms with van der Waals surface area (Å²) in [7, 11) is 2.35. The van der Waals surface area contributed by atoms with E-state index >= 15 is 0 Å². The minimum absolute atomic E-state index is 0.670. The van der Waals surface area contributed by atoms with Crippen molar-refractivity contribution in [3.8, 4) is 0 Å². The Labute approximate surface area is 114 Å². The van der Waals surface area contributed by atoms with Gasteiger partial charge in [-0.1, -0.05) is 35.2 Å². The van der Waals surface area contributed by atoms with E-state index in [4.69, 9.17) is 0 Å². The number of fused-ring (bicyclic) bond motifs is 1. The molecule has 0 bridgehead atoms. The smallest absolute Gasteiger partial charge is 0.0629 e. The highest BCUT2D eigenvalue weighted by Crippen LogP contribution is 2.37. The zero-order valence-corrected chi connectivity index (χ0v) is 12.5. The van der Waals surface area contributed by atoms with Crippen molar-refractivity contribution in [2.45, 2.75) is 74.4 Å². The van der Waals surface area contributed by atoms with E-state index in [1.807, 2.05) is 0 Å². The monoisotopic (exact) mass is 300 g/mol. The molecule has 3 fully saturated rings. The van der Waals surface area contributed by atoms with Crippen molar-refractivity contribution < 1.29 is 0 Å². The van der Waals surface area contributed by atoms with E-state index < -0.39 is 0 Å². The lowest BCUT2D eigenvalue weighted by Crippen LogP contribution is -2.42. The van der Waals surface area contributed by atoms with E-state index in [0.717, 1.165) is 22.8 Å². The molecule has 4 atom stereocenters. The normalized spacial score (nSPS) is 44.8. The first-order valence-electron chi connectivity index (χ1n) is 7.38. The van der Waals surface area contributed by atoms with Crippen LogP contribution in [0.4, 0.5) is 0 Å². The van der Waals surface area contributed by atoms with Crippen LogP contribution in [0.5, 0.6) is 0 Å². The fourth-order valence-electron chi connectivity index (χ4n) is 4.23. The van der Waals surface area contributed by atoms with Crippen molar-refractivity contribution >= 4 is 15.9 Å². The molecule has 0 aromatic heterocycles. The molecule has 17 heavy (non-hydrogen) atoms. The highest BCUT2D eigenvalue weighted by molar-refractivity contribution is 9.09. The summed E-state index contributed by atoms with van der Waals surface area (Å²) in [6.07, 6.45) is 12.0. The topological polar surface area (TPSA) is 15.3 Å². The average molecular weight is 301 g/mol. The van der Waals surface area contributed by atoms with Crippen molar-refractivity contribution in [3.05, 3.63) is 0 Å². The Kier molecular flexibility index (Phi) is 3.79. The molecule has 0 radical (unpaired) electrons. The summed E-state index contributed by atoms with van der Waals surface area (Å²) >= 11 is 3.80. The number of alkyl halides is 1. The molecule has 0 spiro atoms. The molecule has 1 aliphatic heterocycles. The first kappa shape index (κ1) is 12.4. The zero-order valence-electron chi connectivity index (χ0n) is 10.9. The number of hydrogen-bond donors (Lipinski definition) is 1. The van der Waals surface area contributed by atoms with Crippen LogP contribution in [0.3, 0.4) is 0 Å². The summed E-state index contributed by atoms with van der Waals surface area (Å²) in [5, 5.41) is 3.94. The van der Waals surface area contributed by atoms with E-state index in [0.29, 0.717) is 6.17 Å². The molecular formula is C14H25BrN2. The summed E-state index contributed by atoms with van der Waals surface area (Å²) < 4.78 is 0. The third-order valence-electron chi connectivity index (χ3n) is 5.19. The maximum absolute atomic E-state index is 3.94. The Morgan fingerprint density at radius 1 is 1.06 bits per heavy atom. The standard InChI is InChI=1S/C14H25BrN2/c1-17-13-8-7-11(15)9-12(13)16-14(17)10-5-3-2-4-6-10/h10-14,16H,2-9H2,1H3/t11?,12?,13-,14?/m1/s1. The lowest BCUT2D eigenvalue weighted by Gasteiger charge is -2.34. The van der Waals surface area contributed by atoms with Gasteiger partial charge < -0.3 is 0 Å². The van der Waals surface area contributed by atoms with Crippen LogP contribution >= 0.6 is 15.9 Å². The molecule has 3 heteroatoms. The Balaban J connectivity index is 1.66. The van der Waals surface area contributed by atoms with E-state index in [1.165, 1.54) is 51.4 Å². The van der Waals surface area contributed by atoms with Gasteiger partial charge in [-0.05, 0) is 45.1 Å². The number of nitrogens with one attached hydrogen (secondary N) is 1. The van der Waals surface area contributed by atoms with Crippen LogP contribution in [0.1, 0.15) is 51.4 Å². The van der Waals surface area contributed by atoms with Gasteiger partial charge in [-0.25, -0.2) is 0 Å². The molecule has 2 saturated carbocycles. The molecule has 2 aliphatic carbocycles. The van der Waals surface area contributed by atoms with Gasteiger partial charge in [-0.3, -0.25) is 10.2 Å². The molecule has 0 aromatic rings. The van der Waals surface area contributed by atoms with Crippen molar-refractivity contribution in [1.29, 1.82) is 0 Å². The van der Waals surface area contributed by atoms with Crippen LogP contribution in [0, 0.1) is 5.92 Å². The second-order valence-corrected chi connectivity index (χ2v) is 7.55. The predicted molar refractivity (Wildman–Crippen MR) is 75.4 cm³/mol. The number of nitrogens with zero attached hydrogens (tertiary/aromatic N) is 1. The molecule has 3 unspecified atom stereocenters. The number of rotatable bonds is 1. The molecular weight excluding hydrogens is 276 g/mol. The number of halogens is 1. The minimum Gasteiger partial charge on any atom is -0.297 e. The van der Waals surface area contributed by atoms with Gasteiger partial charge in [0.15, 0.2) is 0 Å². The molecule has 98 valence electrons. The average Bonchev–Trinajstić information content (AvgIpc) is 2.67. The van der Waals surface area contributed by atoms with Crippen molar-refractivity contribution in [1.82, 2.24) is 10.2 Å². The van der Waals surface area contributed by atoms with Crippen LogP contribution in [-0.2, 0) is 0 Å². The summed E-state index contributed by atoms with van der Waals surface area (Å²) in [5.74, 6) is 0.910. The maximum Gasteiger partial charge on any atom is 0.0629 e. The molecule has 0 aromatic carbocycles. The molecule has 2 nitrogen and oxygen atoms in total. The third kappa shape index (κ3) is 2.43.